The third kappa shape index (κ3) is 4.11. The molecule has 0 aliphatic heterocycles. The number of terminal acetylenes is 1. The summed E-state index contributed by atoms with van der Waals surface area (Å²) in [6.45, 7) is 0. The molecule has 5 nitrogen and oxygen atoms in total. The summed E-state index contributed by atoms with van der Waals surface area (Å²) >= 11 is 0. The summed E-state index contributed by atoms with van der Waals surface area (Å²) in [5, 5.41) is 2.06. The van der Waals surface area contributed by atoms with Gasteiger partial charge in [-0.2, -0.15) is 8.42 Å². The molecule has 0 saturated heterocycles. The number of hydrogen-bond acceptors (Lipinski definition) is 5. The van der Waals surface area contributed by atoms with E-state index in [4.69, 9.17) is 20.1 Å². The molecule has 0 N–H and O–H groups in total. The van der Waals surface area contributed by atoms with Crippen molar-refractivity contribution in [1.82, 2.24) is 0 Å². The summed E-state index contributed by atoms with van der Waals surface area (Å²) in [5.74, 6) is 3.03. The monoisotopic (exact) mass is 396 g/mol. The smallest absolute Gasteiger partial charge is 0.301 e. The van der Waals surface area contributed by atoms with E-state index in [-0.39, 0.29) is 17.1 Å². The fraction of sp³-hybridized carbons (Fsp3) is 0.182. The predicted octanol–water partition coefficient (Wildman–Crippen LogP) is 3.81. The second-order valence-electron chi connectivity index (χ2n) is 6.06. The zero-order chi connectivity index (χ0) is 20.1. The van der Waals surface area contributed by atoms with Crippen LogP contribution in [-0.4, -0.2) is 28.7 Å². The highest BCUT2D eigenvalue weighted by atomic mass is 32.2. The van der Waals surface area contributed by atoms with Crippen LogP contribution in [0.3, 0.4) is 0 Å². The van der Waals surface area contributed by atoms with Crippen LogP contribution in [0.25, 0.3) is 10.8 Å². The normalized spacial score (nSPS) is 12.3. The molecule has 0 spiro atoms. The Balaban J connectivity index is 1.89. The molecule has 0 amide bonds. The van der Waals surface area contributed by atoms with Crippen LogP contribution < -0.4 is 9.47 Å². The van der Waals surface area contributed by atoms with Gasteiger partial charge in [-0.3, -0.25) is 0 Å². The van der Waals surface area contributed by atoms with Gasteiger partial charge in [0.25, 0.3) is 0 Å². The molecule has 28 heavy (non-hydrogen) atoms. The van der Waals surface area contributed by atoms with Crippen molar-refractivity contribution in [1.29, 1.82) is 0 Å². The molecule has 0 aromatic heterocycles. The van der Waals surface area contributed by atoms with E-state index in [1.54, 1.807) is 0 Å². The van der Waals surface area contributed by atoms with Crippen molar-refractivity contribution in [3.63, 3.8) is 0 Å². The highest BCUT2D eigenvalue weighted by Crippen LogP contribution is 2.30. The highest BCUT2D eigenvalue weighted by Gasteiger charge is 2.25. The van der Waals surface area contributed by atoms with Gasteiger partial charge >= 0.3 is 10.1 Å². The minimum atomic E-state index is -4.14. The van der Waals surface area contributed by atoms with Crippen molar-refractivity contribution in [2.24, 2.45) is 0 Å². The zero-order valence-electron chi connectivity index (χ0n) is 15.6. The fourth-order valence-corrected chi connectivity index (χ4v) is 4.13. The van der Waals surface area contributed by atoms with Crippen LogP contribution in [0.1, 0.15) is 5.56 Å². The van der Waals surface area contributed by atoms with Gasteiger partial charge in [0.05, 0.1) is 14.2 Å². The molecule has 0 bridgehead atoms. The van der Waals surface area contributed by atoms with Gasteiger partial charge in [0, 0.05) is 12.5 Å². The molecule has 3 aromatic rings. The quantitative estimate of drug-likeness (QED) is 0.449. The van der Waals surface area contributed by atoms with E-state index >= 15 is 0 Å². The summed E-state index contributed by atoms with van der Waals surface area (Å²) in [7, 11) is -1.27. The van der Waals surface area contributed by atoms with E-state index in [2.05, 4.69) is 5.92 Å². The third-order valence-electron chi connectivity index (χ3n) is 4.35. The number of hydrogen-bond donors (Lipinski definition) is 0. The summed E-state index contributed by atoms with van der Waals surface area (Å²) in [5.41, 5.74) is 0.915. The lowest BCUT2D eigenvalue weighted by Gasteiger charge is -2.16. The van der Waals surface area contributed by atoms with Crippen LogP contribution in [0.5, 0.6) is 11.5 Å². The minimum Gasteiger partial charge on any atom is -0.497 e. The molecule has 0 aliphatic carbocycles. The first-order valence-electron chi connectivity index (χ1n) is 8.56. The van der Waals surface area contributed by atoms with Crippen molar-refractivity contribution in [3.05, 3.63) is 66.2 Å². The Morgan fingerprint density at radius 3 is 2.46 bits per heavy atom. The Morgan fingerprint density at radius 2 is 1.75 bits per heavy atom. The van der Waals surface area contributed by atoms with Crippen LogP contribution in [0.4, 0.5) is 0 Å². The van der Waals surface area contributed by atoms with Gasteiger partial charge in [-0.25, -0.2) is 4.18 Å². The Labute approximate surface area is 165 Å². The second kappa shape index (κ2) is 8.34. The summed E-state index contributed by atoms with van der Waals surface area (Å²) < 4.78 is 41.2. The van der Waals surface area contributed by atoms with Crippen molar-refractivity contribution in [3.8, 4) is 23.8 Å². The molecule has 6 heteroatoms. The second-order valence-corrected chi connectivity index (χ2v) is 7.61. The molecular weight excluding hydrogens is 376 g/mol. The van der Waals surface area contributed by atoms with Crippen LogP contribution in [0.2, 0.25) is 0 Å². The third-order valence-corrected chi connectivity index (χ3v) is 5.72. The summed E-state index contributed by atoms with van der Waals surface area (Å²) in [6.07, 6.45) is 4.88. The Morgan fingerprint density at radius 1 is 1.00 bits per heavy atom. The minimum absolute atomic E-state index is 0.103. The first-order chi connectivity index (χ1) is 13.5. The lowest BCUT2D eigenvalue weighted by atomic mass is 10.0. The Kier molecular flexibility index (Phi) is 5.88. The summed E-state index contributed by atoms with van der Waals surface area (Å²) in [6, 6.07) is 18.0. The van der Waals surface area contributed by atoms with Crippen molar-refractivity contribution in [2.75, 3.05) is 14.2 Å². The van der Waals surface area contributed by atoms with Crippen molar-refractivity contribution in [2.45, 2.75) is 17.4 Å². The molecule has 0 heterocycles. The Bertz CT molecular complexity index is 1120. The standard InChI is InChI=1S/C22H20O5S/c1-4-18(14-17-10-7-9-16-8-5-6-11-20(16)17)27-28(23,24)22-13-12-19(25-2)15-21(22)26-3/h1,5-13,15,18H,14H2,2-3H3. The zero-order valence-corrected chi connectivity index (χ0v) is 16.4. The van der Waals surface area contributed by atoms with E-state index in [1.165, 1.54) is 32.4 Å². The Hall–Kier alpha value is -3.01. The molecular formula is C22H20O5S. The van der Waals surface area contributed by atoms with Gasteiger partial charge in [-0.05, 0) is 28.5 Å². The highest BCUT2D eigenvalue weighted by molar-refractivity contribution is 7.86. The molecule has 0 radical (unpaired) electrons. The first kappa shape index (κ1) is 19.7. The molecule has 0 saturated carbocycles. The van der Waals surface area contributed by atoms with Gasteiger partial charge < -0.3 is 9.47 Å². The molecule has 0 fully saturated rings. The number of rotatable bonds is 7. The maximum absolute atomic E-state index is 12.8. The summed E-state index contributed by atoms with van der Waals surface area (Å²) in [4.78, 5) is -0.103. The average Bonchev–Trinajstić information content (AvgIpc) is 2.72. The molecule has 144 valence electrons. The van der Waals surface area contributed by atoms with E-state index < -0.39 is 16.2 Å². The number of benzene rings is 3. The molecule has 3 rings (SSSR count). The van der Waals surface area contributed by atoms with Crippen molar-refractivity contribution >= 4 is 20.9 Å². The molecule has 1 atom stereocenters. The maximum atomic E-state index is 12.8. The van der Waals surface area contributed by atoms with Gasteiger partial charge in [-0.15, -0.1) is 6.42 Å². The van der Waals surface area contributed by atoms with Gasteiger partial charge in [0.15, 0.2) is 0 Å². The lowest BCUT2D eigenvalue weighted by molar-refractivity contribution is 0.263. The van der Waals surface area contributed by atoms with Crippen LogP contribution >= 0.6 is 0 Å². The molecule has 3 aromatic carbocycles. The van der Waals surface area contributed by atoms with Crippen molar-refractivity contribution < 1.29 is 22.1 Å². The topological polar surface area (TPSA) is 61.8 Å². The van der Waals surface area contributed by atoms with E-state index in [0.717, 1.165) is 16.3 Å². The first-order valence-corrected chi connectivity index (χ1v) is 9.97. The van der Waals surface area contributed by atoms with E-state index in [1.807, 2.05) is 42.5 Å². The SMILES string of the molecule is C#CC(Cc1cccc2ccccc12)OS(=O)(=O)c1ccc(OC)cc1OC. The molecule has 0 aliphatic rings. The number of fused-ring (bicyclic) bond motifs is 1. The van der Waals surface area contributed by atoms with E-state index in [0.29, 0.717) is 5.75 Å². The predicted molar refractivity (Wildman–Crippen MR) is 108 cm³/mol. The average molecular weight is 396 g/mol. The molecule has 1 unspecified atom stereocenters. The van der Waals surface area contributed by atoms with Crippen LogP contribution in [0, 0.1) is 12.3 Å². The number of methoxy groups -OCH3 is 2. The van der Waals surface area contributed by atoms with Gasteiger partial charge in [0.1, 0.15) is 22.5 Å². The van der Waals surface area contributed by atoms with Crippen LogP contribution in [-0.2, 0) is 20.7 Å². The van der Waals surface area contributed by atoms with E-state index in [9.17, 15) is 8.42 Å². The van der Waals surface area contributed by atoms with Gasteiger partial charge in [-0.1, -0.05) is 48.4 Å². The van der Waals surface area contributed by atoms with Crippen LogP contribution in [0.15, 0.2) is 65.6 Å². The maximum Gasteiger partial charge on any atom is 0.301 e. The van der Waals surface area contributed by atoms with Gasteiger partial charge in [0.2, 0.25) is 0 Å². The lowest BCUT2D eigenvalue weighted by Crippen LogP contribution is -2.20. The fourth-order valence-electron chi connectivity index (χ4n) is 2.98. The largest absolute Gasteiger partial charge is 0.497 e. The number of ether oxygens (including phenoxy) is 2.